The highest BCUT2D eigenvalue weighted by molar-refractivity contribution is 9.10. The molecule has 0 aliphatic carbocycles. The van der Waals surface area contributed by atoms with Crippen molar-refractivity contribution in [3.05, 3.63) is 34.3 Å². The monoisotopic (exact) mass is 326 g/mol. The third-order valence-corrected chi connectivity index (χ3v) is 4.38. The molecular formula is C15H23BrN2O. The highest BCUT2D eigenvalue weighted by Gasteiger charge is 2.24. The molecule has 0 amide bonds. The molecule has 1 aliphatic heterocycles. The van der Waals surface area contributed by atoms with E-state index in [1.54, 1.807) is 0 Å². The molecule has 1 aromatic rings. The number of rotatable bonds is 4. The zero-order chi connectivity index (χ0) is 13.8. The molecule has 1 saturated heterocycles. The van der Waals surface area contributed by atoms with E-state index < -0.39 is 0 Å². The first kappa shape index (κ1) is 15.0. The van der Waals surface area contributed by atoms with Gasteiger partial charge < -0.3 is 14.9 Å². The van der Waals surface area contributed by atoms with Crippen molar-refractivity contribution in [3.8, 4) is 0 Å². The topological polar surface area (TPSA) is 26.7 Å². The summed E-state index contributed by atoms with van der Waals surface area (Å²) in [6.07, 6.45) is 1.30. The Labute approximate surface area is 124 Å². The quantitative estimate of drug-likeness (QED) is 0.916. The number of hydrogen-bond donors (Lipinski definition) is 1. The van der Waals surface area contributed by atoms with Crippen LogP contribution in [0.5, 0.6) is 0 Å². The van der Waals surface area contributed by atoms with Crippen molar-refractivity contribution in [2.24, 2.45) is 0 Å². The highest BCUT2D eigenvalue weighted by atomic mass is 79.9. The predicted octanol–water partition coefficient (Wildman–Crippen LogP) is 1.99. The molecule has 0 radical (unpaired) electrons. The molecule has 1 fully saturated rings. The van der Waals surface area contributed by atoms with Crippen LogP contribution in [0.2, 0.25) is 0 Å². The van der Waals surface area contributed by atoms with Gasteiger partial charge in [0.25, 0.3) is 0 Å². The minimum Gasteiger partial charge on any atom is -0.393 e. The van der Waals surface area contributed by atoms with Crippen LogP contribution in [0.15, 0.2) is 28.7 Å². The van der Waals surface area contributed by atoms with Crippen molar-refractivity contribution in [2.45, 2.75) is 25.0 Å². The molecule has 1 N–H and O–H groups in total. The zero-order valence-electron chi connectivity index (χ0n) is 11.7. The second-order valence-electron chi connectivity index (χ2n) is 5.62. The molecule has 2 unspecified atom stereocenters. The lowest BCUT2D eigenvalue weighted by Crippen LogP contribution is -2.51. The van der Waals surface area contributed by atoms with Gasteiger partial charge in [-0.3, -0.25) is 0 Å². The summed E-state index contributed by atoms with van der Waals surface area (Å²) >= 11 is 3.47. The Hall–Kier alpha value is -0.420. The van der Waals surface area contributed by atoms with E-state index >= 15 is 0 Å². The molecule has 1 aromatic carbocycles. The summed E-state index contributed by atoms with van der Waals surface area (Å²) in [7, 11) is 4.31. The molecule has 106 valence electrons. The van der Waals surface area contributed by atoms with Gasteiger partial charge in [0.1, 0.15) is 0 Å². The molecule has 0 aromatic heterocycles. The first-order chi connectivity index (χ1) is 9.04. The van der Waals surface area contributed by atoms with E-state index in [1.807, 2.05) is 12.1 Å². The average Bonchev–Trinajstić information content (AvgIpc) is 2.34. The molecule has 2 atom stereocenters. The van der Waals surface area contributed by atoms with E-state index in [2.05, 4.69) is 52.0 Å². The van der Waals surface area contributed by atoms with E-state index in [0.29, 0.717) is 6.04 Å². The normalized spacial score (nSPS) is 23.5. The van der Waals surface area contributed by atoms with Crippen molar-refractivity contribution in [3.63, 3.8) is 0 Å². The van der Waals surface area contributed by atoms with Gasteiger partial charge in [-0.15, -0.1) is 0 Å². The number of halogens is 1. The highest BCUT2D eigenvalue weighted by Crippen LogP contribution is 2.17. The van der Waals surface area contributed by atoms with Crippen molar-refractivity contribution in [1.29, 1.82) is 0 Å². The standard InChI is InChI=1S/C15H23BrN2O/c1-17-6-7-18(2)14(11-17)10-15(19)9-12-4-3-5-13(16)8-12/h3-5,8,14-15,19H,6-7,9-11H2,1-2H3. The van der Waals surface area contributed by atoms with Crippen molar-refractivity contribution >= 4 is 15.9 Å². The third kappa shape index (κ3) is 4.56. The average molecular weight is 327 g/mol. The Morgan fingerprint density at radius 2 is 2.16 bits per heavy atom. The van der Waals surface area contributed by atoms with Crippen LogP contribution in [0.4, 0.5) is 0 Å². The van der Waals surface area contributed by atoms with Crippen LogP contribution in [0, 0.1) is 0 Å². The smallest absolute Gasteiger partial charge is 0.0596 e. The van der Waals surface area contributed by atoms with Gasteiger partial charge in [0.05, 0.1) is 6.10 Å². The summed E-state index contributed by atoms with van der Waals surface area (Å²) in [5.41, 5.74) is 1.19. The lowest BCUT2D eigenvalue weighted by atomic mass is 10.00. The maximum atomic E-state index is 10.3. The van der Waals surface area contributed by atoms with Gasteiger partial charge in [-0.2, -0.15) is 0 Å². The summed E-state index contributed by atoms with van der Waals surface area (Å²) in [5.74, 6) is 0. The fourth-order valence-corrected chi connectivity index (χ4v) is 3.14. The van der Waals surface area contributed by atoms with Crippen LogP contribution in [-0.2, 0) is 6.42 Å². The lowest BCUT2D eigenvalue weighted by Gasteiger charge is -2.38. The second-order valence-corrected chi connectivity index (χ2v) is 6.54. The molecule has 4 heteroatoms. The second kappa shape index (κ2) is 6.84. The van der Waals surface area contributed by atoms with Gasteiger partial charge in [0.2, 0.25) is 0 Å². The zero-order valence-corrected chi connectivity index (χ0v) is 13.3. The molecule has 2 rings (SSSR count). The molecule has 0 spiro atoms. The van der Waals surface area contributed by atoms with E-state index in [1.165, 1.54) is 5.56 Å². The van der Waals surface area contributed by atoms with E-state index in [0.717, 1.165) is 36.9 Å². The van der Waals surface area contributed by atoms with Gasteiger partial charge in [-0.05, 0) is 44.6 Å². The summed E-state index contributed by atoms with van der Waals surface area (Å²) < 4.78 is 1.08. The first-order valence-corrected chi connectivity index (χ1v) is 7.65. The van der Waals surface area contributed by atoms with E-state index in [9.17, 15) is 5.11 Å². The number of aliphatic hydroxyl groups is 1. The van der Waals surface area contributed by atoms with Gasteiger partial charge in [-0.1, -0.05) is 28.1 Å². The van der Waals surface area contributed by atoms with Crippen LogP contribution >= 0.6 is 15.9 Å². The van der Waals surface area contributed by atoms with E-state index in [4.69, 9.17) is 0 Å². The van der Waals surface area contributed by atoms with Gasteiger partial charge in [0.15, 0.2) is 0 Å². The Morgan fingerprint density at radius 1 is 1.37 bits per heavy atom. The number of aliphatic hydroxyl groups excluding tert-OH is 1. The maximum absolute atomic E-state index is 10.3. The fourth-order valence-electron chi connectivity index (χ4n) is 2.69. The summed E-state index contributed by atoms with van der Waals surface area (Å²) in [4.78, 5) is 4.71. The summed E-state index contributed by atoms with van der Waals surface area (Å²) in [5, 5.41) is 10.3. The number of likely N-dealkylation sites (N-methyl/N-ethyl adjacent to an activating group) is 2. The van der Waals surface area contributed by atoms with Crippen LogP contribution in [0.25, 0.3) is 0 Å². The largest absolute Gasteiger partial charge is 0.393 e. The molecule has 19 heavy (non-hydrogen) atoms. The predicted molar refractivity (Wildman–Crippen MR) is 82.4 cm³/mol. The minimum absolute atomic E-state index is 0.270. The van der Waals surface area contributed by atoms with Crippen molar-refractivity contribution in [1.82, 2.24) is 9.80 Å². The Morgan fingerprint density at radius 3 is 2.89 bits per heavy atom. The number of hydrogen-bond acceptors (Lipinski definition) is 3. The van der Waals surface area contributed by atoms with Gasteiger partial charge in [-0.25, -0.2) is 0 Å². The molecule has 0 bridgehead atoms. The summed E-state index contributed by atoms with van der Waals surface area (Å²) in [6, 6.07) is 8.65. The third-order valence-electron chi connectivity index (χ3n) is 3.88. The molecule has 1 heterocycles. The minimum atomic E-state index is -0.270. The summed E-state index contributed by atoms with van der Waals surface area (Å²) in [6.45, 7) is 3.26. The van der Waals surface area contributed by atoms with Crippen LogP contribution in [-0.4, -0.2) is 60.8 Å². The number of piperazine rings is 1. The lowest BCUT2D eigenvalue weighted by molar-refractivity contribution is 0.0639. The van der Waals surface area contributed by atoms with Gasteiger partial charge in [0, 0.05) is 30.1 Å². The van der Waals surface area contributed by atoms with Crippen molar-refractivity contribution in [2.75, 3.05) is 33.7 Å². The van der Waals surface area contributed by atoms with E-state index in [-0.39, 0.29) is 6.10 Å². The molecule has 1 aliphatic rings. The van der Waals surface area contributed by atoms with Crippen LogP contribution in [0.1, 0.15) is 12.0 Å². The van der Waals surface area contributed by atoms with Gasteiger partial charge >= 0.3 is 0 Å². The molecular weight excluding hydrogens is 304 g/mol. The maximum Gasteiger partial charge on any atom is 0.0596 e. The molecule has 3 nitrogen and oxygen atoms in total. The number of nitrogens with zero attached hydrogens (tertiary/aromatic N) is 2. The van der Waals surface area contributed by atoms with Crippen molar-refractivity contribution < 1.29 is 5.11 Å². The Kier molecular flexibility index (Phi) is 5.39. The Balaban J connectivity index is 1.88. The van der Waals surface area contributed by atoms with Crippen LogP contribution in [0.3, 0.4) is 0 Å². The number of benzene rings is 1. The van der Waals surface area contributed by atoms with Crippen LogP contribution < -0.4 is 0 Å². The fraction of sp³-hybridized carbons (Fsp3) is 0.600. The Bertz CT molecular complexity index is 413. The first-order valence-electron chi connectivity index (χ1n) is 6.86. The SMILES string of the molecule is CN1CCN(C)C(CC(O)Cc2cccc(Br)c2)C1. The molecule has 0 saturated carbocycles.